The van der Waals surface area contributed by atoms with Gasteiger partial charge in [-0.1, -0.05) is 6.92 Å². The molecule has 0 unspecified atom stereocenters. The average molecular weight is 446 g/mol. The smallest absolute Gasteiger partial charge is 0.257 e. The Labute approximate surface area is 190 Å². The molecule has 2 aliphatic rings. The first-order valence-electron chi connectivity index (χ1n) is 11.3. The number of likely N-dealkylation sites (N-methyl/N-ethyl adjacent to an activating group) is 1. The third-order valence-corrected chi connectivity index (χ3v) is 6.25. The predicted molar refractivity (Wildman–Crippen MR) is 122 cm³/mol. The number of nitrogens with zero attached hydrogens (tertiary/aromatic N) is 2. The number of benzene rings is 1. The van der Waals surface area contributed by atoms with E-state index in [1.807, 2.05) is 11.8 Å². The molecule has 3 rings (SSSR count). The zero-order valence-electron chi connectivity index (χ0n) is 19.7. The fourth-order valence-electron chi connectivity index (χ4n) is 4.09. The molecule has 8 nitrogen and oxygen atoms in total. The molecule has 0 bridgehead atoms. The van der Waals surface area contributed by atoms with Crippen molar-refractivity contribution in [3.05, 3.63) is 23.8 Å². The van der Waals surface area contributed by atoms with Gasteiger partial charge in [0.25, 0.3) is 5.91 Å². The summed E-state index contributed by atoms with van der Waals surface area (Å²) in [5.41, 5.74) is 0.962. The zero-order chi connectivity index (χ0) is 23.4. The van der Waals surface area contributed by atoms with Crippen molar-refractivity contribution in [1.82, 2.24) is 9.80 Å². The summed E-state index contributed by atoms with van der Waals surface area (Å²) in [6.07, 6.45) is 2.59. The van der Waals surface area contributed by atoms with Gasteiger partial charge in [-0.05, 0) is 37.8 Å². The first kappa shape index (κ1) is 24.0. The fraction of sp³-hybridized carbons (Fsp3) is 0.625. The van der Waals surface area contributed by atoms with E-state index in [9.17, 15) is 14.4 Å². The molecule has 32 heavy (non-hydrogen) atoms. The Morgan fingerprint density at radius 3 is 2.56 bits per heavy atom. The Morgan fingerprint density at radius 1 is 1.22 bits per heavy atom. The largest absolute Gasteiger partial charge is 0.491 e. The third kappa shape index (κ3) is 6.00. The van der Waals surface area contributed by atoms with Crippen molar-refractivity contribution >= 4 is 23.4 Å². The summed E-state index contributed by atoms with van der Waals surface area (Å²) in [7, 11) is 3.37. The minimum Gasteiger partial charge on any atom is -0.491 e. The normalized spacial score (nSPS) is 24.7. The molecule has 176 valence electrons. The molecule has 1 aromatic rings. The lowest BCUT2D eigenvalue weighted by atomic mass is 10.0. The molecule has 8 heteroatoms. The Hall–Kier alpha value is -2.61. The lowest BCUT2D eigenvalue weighted by molar-refractivity contribution is -0.135. The second-order valence-electron chi connectivity index (χ2n) is 9.18. The lowest BCUT2D eigenvalue weighted by Gasteiger charge is -2.36. The number of hydrogen-bond donors (Lipinski definition) is 1. The van der Waals surface area contributed by atoms with Crippen molar-refractivity contribution in [1.29, 1.82) is 0 Å². The van der Waals surface area contributed by atoms with Gasteiger partial charge >= 0.3 is 0 Å². The molecular weight excluding hydrogens is 410 g/mol. The van der Waals surface area contributed by atoms with Gasteiger partial charge in [0.15, 0.2) is 0 Å². The van der Waals surface area contributed by atoms with Crippen LogP contribution in [0.3, 0.4) is 0 Å². The van der Waals surface area contributed by atoms with Crippen molar-refractivity contribution in [3.8, 4) is 5.75 Å². The number of amides is 3. The number of methoxy groups -OCH3 is 1. The monoisotopic (exact) mass is 445 g/mol. The number of nitrogens with one attached hydrogen (secondary N) is 1. The van der Waals surface area contributed by atoms with Crippen molar-refractivity contribution in [2.75, 3.05) is 39.2 Å². The van der Waals surface area contributed by atoms with Crippen molar-refractivity contribution < 1.29 is 23.9 Å². The van der Waals surface area contributed by atoms with E-state index in [0.29, 0.717) is 42.4 Å². The average Bonchev–Trinajstić information content (AvgIpc) is 3.56. The molecular formula is C24H35N3O5. The highest BCUT2D eigenvalue weighted by Crippen LogP contribution is 2.33. The number of ether oxygens (including phenoxy) is 2. The van der Waals surface area contributed by atoms with Crippen molar-refractivity contribution in [2.45, 2.75) is 52.2 Å². The minimum absolute atomic E-state index is 0.0434. The summed E-state index contributed by atoms with van der Waals surface area (Å²) in [5.74, 6) is 0.676. The summed E-state index contributed by atoms with van der Waals surface area (Å²) < 4.78 is 11.8. The molecule has 3 atom stereocenters. The minimum atomic E-state index is -0.213. The summed E-state index contributed by atoms with van der Waals surface area (Å²) in [4.78, 5) is 41.2. The van der Waals surface area contributed by atoms with Gasteiger partial charge in [0.05, 0.1) is 17.7 Å². The highest BCUT2D eigenvalue weighted by atomic mass is 16.5. The van der Waals surface area contributed by atoms with E-state index in [1.54, 1.807) is 37.3 Å². The van der Waals surface area contributed by atoms with Crippen LogP contribution in [0.25, 0.3) is 0 Å². The number of fused-ring (bicyclic) bond motifs is 1. The van der Waals surface area contributed by atoms with Crippen LogP contribution in [-0.4, -0.2) is 73.5 Å². The van der Waals surface area contributed by atoms with Gasteiger partial charge < -0.3 is 24.6 Å². The van der Waals surface area contributed by atoms with Gasteiger partial charge in [0.2, 0.25) is 11.8 Å². The quantitative estimate of drug-likeness (QED) is 0.770. The number of hydrogen-bond acceptors (Lipinski definition) is 5. The van der Waals surface area contributed by atoms with Crippen LogP contribution in [0.2, 0.25) is 0 Å². The number of rotatable bonds is 4. The van der Waals surface area contributed by atoms with E-state index in [2.05, 4.69) is 12.2 Å². The van der Waals surface area contributed by atoms with Crippen LogP contribution >= 0.6 is 0 Å². The predicted octanol–water partition coefficient (Wildman–Crippen LogP) is 2.78. The maximum atomic E-state index is 13.2. The Morgan fingerprint density at radius 2 is 1.94 bits per heavy atom. The summed E-state index contributed by atoms with van der Waals surface area (Å²) in [5, 5.41) is 2.73. The zero-order valence-corrected chi connectivity index (χ0v) is 19.7. The van der Waals surface area contributed by atoms with E-state index >= 15 is 0 Å². The van der Waals surface area contributed by atoms with Crippen molar-refractivity contribution in [2.24, 2.45) is 11.8 Å². The van der Waals surface area contributed by atoms with Gasteiger partial charge in [-0.25, -0.2) is 0 Å². The molecule has 1 heterocycles. The molecule has 0 radical (unpaired) electrons. The standard InChI is InChI=1S/C24H35N3O5/c1-15-12-27(23(29)10-18-6-7-18)16(2)14-32-21-11-19(25-17(3)28)8-9-20(21)24(30)26(4)13-22(15)31-5/h8-9,11,15-16,18,22H,6-7,10,12-14H2,1-5H3,(H,25,28)/t15-,16+,22+/m1/s1. The molecule has 0 saturated heterocycles. The molecule has 3 amide bonds. The van der Waals surface area contributed by atoms with E-state index < -0.39 is 0 Å². The van der Waals surface area contributed by atoms with Gasteiger partial charge in [0.1, 0.15) is 12.4 Å². The maximum absolute atomic E-state index is 13.2. The van der Waals surface area contributed by atoms with Gasteiger partial charge in [-0.15, -0.1) is 0 Å². The molecule has 1 aliphatic carbocycles. The van der Waals surface area contributed by atoms with Crippen LogP contribution in [0, 0.1) is 11.8 Å². The Kier molecular flexibility index (Phi) is 7.77. The number of carbonyl (C=O) groups excluding carboxylic acids is 3. The van der Waals surface area contributed by atoms with E-state index in [1.165, 1.54) is 6.92 Å². The van der Waals surface area contributed by atoms with E-state index in [4.69, 9.17) is 9.47 Å². The Bertz CT molecular complexity index is 854. The maximum Gasteiger partial charge on any atom is 0.257 e. The van der Waals surface area contributed by atoms with Crippen LogP contribution in [0.4, 0.5) is 5.69 Å². The van der Waals surface area contributed by atoms with Crippen LogP contribution < -0.4 is 10.1 Å². The van der Waals surface area contributed by atoms with Gasteiger partial charge in [0, 0.05) is 58.3 Å². The van der Waals surface area contributed by atoms with Crippen LogP contribution in [0.15, 0.2) is 18.2 Å². The second kappa shape index (κ2) is 10.3. The molecule has 1 aromatic carbocycles. The van der Waals surface area contributed by atoms with Gasteiger partial charge in [-0.2, -0.15) is 0 Å². The first-order chi connectivity index (χ1) is 15.2. The highest BCUT2D eigenvalue weighted by molar-refractivity contribution is 5.98. The lowest BCUT2D eigenvalue weighted by Crippen LogP contribution is -2.48. The molecule has 0 aromatic heterocycles. The molecule has 1 fully saturated rings. The molecule has 1 aliphatic heterocycles. The van der Waals surface area contributed by atoms with Crippen LogP contribution in [-0.2, 0) is 14.3 Å². The Balaban J connectivity index is 1.93. The van der Waals surface area contributed by atoms with E-state index in [0.717, 1.165) is 12.8 Å². The number of carbonyl (C=O) groups is 3. The number of anilines is 1. The highest BCUT2D eigenvalue weighted by Gasteiger charge is 2.33. The first-order valence-corrected chi connectivity index (χ1v) is 11.3. The second-order valence-corrected chi connectivity index (χ2v) is 9.18. The summed E-state index contributed by atoms with van der Waals surface area (Å²) in [6.45, 7) is 6.62. The fourth-order valence-corrected chi connectivity index (χ4v) is 4.09. The van der Waals surface area contributed by atoms with Crippen LogP contribution in [0.5, 0.6) is 5.75 Å². The molecule has 0 spiro atoms. The molecule has 1 saturated carbocycles. The third-order valence-electron chi connectivity index (χ3n) is 6.25. The van der Waals surface area contributed by atoms with Crippen LogP contribution in [0.1, 0.15) is 50.4 Å². The summed E-state index contributed by atoms with van der Waals surface area (Å²) in [6, 6.07) is 4.84. The van der Waals surface area contributed by atoms with Crippen molar-refractivity contribution in [3.63, 3.8) is 0 Å². The molecule has 1 N–H and O–H groups in total. The topological polar surface area (TPSA) is 88.2 Å². The van der Waals surface area contributed by atoms with E-state index in [-0.39, 0.29) is 42.4 Å². The SMILES string of the molecule is CO[C@H]1CN(C)C(=O)c2ccc(NC(C)=O)cc2OC[C@H](C)N(C(=O)CC2CC2)C[C@H]1C. The summed E-state index contributed by atoms with van der Waals surface area (Å²) >= 11 is 0. The van der Waals surface area contributed by atoms with Gasteiger partial charge in [-0.3, -0.25) is 14.4 Å².